The number of halogens is 2. The quantitative estimate of drug-likeness (QED) is 0.938. The van der Waals surface area contributed by atoms with Crippen molar-refractivity contribution in [1.82, 2.24) is 4.98 Å². The van der Waals surface area contributed by atoms with Crippen LogP contribution in [0.4, 0.5) is 13.9 Å². The first-order chi connectivity index (χ1) is 9.54. The van der Waals surface area contributed by atoms with Crippen LogP contribution in [0, 0.1) is 23.5 Å². The summed E-state index contributed by atoms with van der Waals surface area (Å²) in [7, 11) is 0. The average molecular weight is 294 g/mol. The third-order valence-corrected chi connectivity index (χ3v) is 4.14. The summed E-state index contributed by atoms with van der Waals surface area (Å²) in [6.45, 7) is 2.01. The predicted molar refractivity (Wildman–Crippen MR) is 73.4 cm³/mol. The highest BCUT2D eigenvalue weighted by Crippen LogP contribution is 2.39. The van der Waals surface area contributed by atoms with Gasteiger partial charge in [0.2, 0.25) is 5.91 Å². The number of nitrogens with one attached hydrogen (secondary N) is 1. The Balaban J connectivity index is 1.79. The third-order valence-electron chi connectivity index (χ3n) is 3.38. The molecule has 1 N–H and O–H groups in total. The fourth-order valence-electron chi connectivity index (χ4n) is 2.03. The summed E-state index contributed by atoms with van der Waals surface area (Å²) >= 11 is 1.20. The molecule has 6 heteroatoms. The lowest BCUT2D eigenvalue weighted by atomic mass is 10.1. The van der Waals surface area contributed by atoms with Gasteiger partial charge in [0.25, 0.3) is 0 Å². The van der Waals surface area contributed by atoms with E-state index in [-0.39, 0.29) is 17.4 Å². The fraction of sp³-hybridized carbons (Fsp3) is 0.286. The maximum absolute atomic E-state index is 13.6. The van der Waals surface area contributed by atoms with E-state index < -0.39 is 11.6 Å². The largest absolute Gasteiger partial charge is 0.302 e. The fourth-order valence-corrected chi connectivity index (χ4v) is 2.75. The van der Waals surface area contributed by atoms with Crippen molar-refractivity contribution in [2.75, 3.05) is 5.32 Å². The third kappa shape index (κ3) is 2.56. The highest BCUT2D eigenvalue weighted by Gasteiger charge is 2.39. The molecule has 104 valence electrons. The molecule has 1 amide bonds. The van der Waals surface area contributed by atoms with Gasteiger partial charge in [-0.05, 0) is 30.5 Å². The molecule has 1 aromatic heterocycles. The summed E-state index contributed by atoms with van der Waals surface area (Å²) in [4.78, 5) is 15.9. The monoisotopic (exact) mass is 294 g/mol. The number of nitrogens with zero attached hydrogens (tertiary/aromatic N) is 1. The molecule has 1 aromatic carbocycles. The maximum atomic E-state index is 13.6. The van der Waals surface area contributed by atoms with Gasteiger partial charge in [-0.15, -0.1) is 11.3 Å². The van der Waals surface area contributed by atoms with Crippen LogP contribution in [0.2, 0.25) is 0 Å². The minimum atomic E-state index is -0.537. The molecular formula is C14H12F2N2OS. The number of rotatable bonds is 3. The minimum absolute atomic E-state index is 0.0493. The Kier molecular flexibility index (Phi) is 3.25. The molecule has 1 aliphatic carbocycles. The second-order valence-electron chi connectivity index (χ2n) is 4.97. The van der Waals surface area contributed by atoms with Crippen molar-refractivity contribution in [1.29, 1.82) is 0 Å². The summed E-state index contributed by atoms with van der Waals surface area (Å²) in [6, 6.07) is 3.22. The standard InChI is InChI=1S/C14H12F2N2OS/c1-7-4-9(7)13(19)18-14-17-12(6-20-14)10-5-8(15)2-3-11(10)16/h2-3,5-7,9H,4H2,1H3,(H,17,18,19)/t7-,9-/m1/s1. The average Bonchev–Trinajstić information content (AvgIpc) is 2.97. The number of hydrogen-bond donors (Lipinski definition) is 1. The van der Waals surface area contributed by atoms with Gasteiger partial charge in [-0.25, -0.2) is 13.8 Å². The first-order valence-electron chi connectivity index (χ1n) is 6.26. The Bertz CT molecular complexity index is 671. The van der Waals surface area contributed by atoms with E-state index in [0.29, 0.717) is 16.7 Å². The topological polar surface area (TPSA) is 42.0 Å². The zero-order valence-corrected chi connectivity index (χ0v) is 11.5. The highest BCUT2D eigenvalue weighted by atomic mass is 32.1. The molecule has 1 heterocycles. The Labute approximate surface area is 118 Å². The van der Waals surface area contributed by atoms with E-state index in [0.717, 1.165) is 24.6 Å². The summed E-state index contributed by atoms with van der Waals surface area (Å²) in [5.74, 6) is -0.654. The minimum Gasteiger partial charge on any atom is -0.302 e. The van der Waals surface area contributed by atoms with Crippen molar-refractivity contribution >= 4 is 22.4 Å². The number of amides is 1. The Morgan fingerprint density at radius 1 is 1.45 bits per heavy atom. The first-order valence-corrected chi connectivity index (χ1v) is 7.14. The van der Waals surface area contributed by atoms with Crippen LogP contribution >= 0.6 is 11.3 Å². The number of hydrogen-bond acceptors (Lipinski definition) is 3. The number of carbonyl (C=O) groups excluding carboxylic acids is 1. The molecule has 1 saturated carbocycles. The molecule has 1 fully saturated rings. The Morgan fingerprint density at radius 3 is 2.90 bits per heavy atom. The molecule has 2 aromatic rings. The second kappa shape index (κ2) is 4.94. The molecule has 0 bridgehead atoms. The molecule has 0 spiro atoms. The van der Waals surface area contributed by atoms with Gasteiger partial charge in [0.05, 0.1) is 5.69 Å². The number of anilines is 1. The van der Waals surface area contributed by atoms with Crippen LogP contribution in [0.25, 0.3) is 11.3 Å². The molecular weight excluding hydrogens is 282 g/mol. The first kappa shape index (κ1) is 13.2. The van der Waals surface area contributed by atoms with Crippen LogP contribution in [0.5, 0.6) is 0 Å². The second-order valence-corrected chi connectivity index (χ2v) is 5.83. The number of thiazole rings is 1. The summed E-state index contributed by atoms with van der Waals surface area (Å²) in [5.41, 5.74) is 0.424. The van der Waals surface area contributed by atoms with Crippen LogP contribution in [-0.4, -0.2) is 10.9 Å². The van der Waals surface area contributed by atoms with E-state index in [9.17, 15) is 13.6 Å². The highest BCUT2D eigenvalue weighted by molar-refractivity contribution is 7.14. The van der Waals surface area contributed by atoms with E-state index >= 15 is 0 Å². The molecule has 0 saturated heterocycles. The molecule has 20 heavy (non-hydrogen) atoms. The van der Waals surface area contributed by atoms with Crippen LogP contribution in [0.1, 0.15) is 13.3 Å². The van der Waals surface area contributed by atoms with Gasteiger partial charge in [-0.3, -0.25) is 4.79 Å². The smallest absolute Gasteiger partial charge is 0.229 e. The van der Waals surface area contributed by atoms with Gasteiger partial charge in [-0.1, -0.05) is 6.92 Å². The number of benzene rings is 1. The lowest BCUT2D eigenvalue weighted by molar-refractivity contribution is -0.117. The summed E-state index contributed by atoms with van der Waals surface area (Å²) < 4.78 is 26.8. The van der Waals surface area contributed by atoms with Crippen molar-refractivity contribution in [2.24, 2.45) is 11.8 Å². The Hall–Kier alpha value is -1.82. The molecule has 3 rings (SSSR count). The van der Waals surface area contributed by atoms with Crippen LogP contribution in [-0.2, 0) is 4.79 Å². The molecule has 3 nitrogen and oxygen atoms in total. The molecule has 0 radical (unpaired) electrons. The van der Waals surface area contributed by atoms with Crippen molar-refractivity contribution < 1.29 is 13.6 Å². The Morgan fingerprint density at radius 2 is 2.20 bits per heavy atom. The van der Waals surface area contributed by atoms with Crippen molar-refractivity contribution in [2.45, 2.75) is 13.3 Å². The SMILES string of the molecule is C[C@@H]1C[C@H]1C(=O)Nc1nc(-c2cc(F)ccc2F)cs1. The summed E-state index contributed by atoms with van der Waals surface area (Å²) in [6.07, 6.45) is 0.891. The van der Waals surface area contributed by atoms with Gasteiger partial charge in [0.15, 0.2) is 5.13 Å². The predicted octanol–water partition coefficient (Wildman–Crippen LogP) is 3.68. The zero-order valence-electron chi connectivity index (χ0n) is 10.7. The number of carbonyl (C=O) groups is 1. The lowest BCUT2D eigenvalue weighted by Gasteiger charge is -2.00. The van der Waals surface area contributed by atoms with Gasteiger partial charge < -0.3 is 5.32 Å². The van der Waals surface area contributed by atoms with Gasteiger partial charge in [0.1, 0.15) is 11.6 Å². The number of aromatic nitrogens is 1. The lowest BCUT2D eigenvalue weighted by Crippen LogP contribution is -2.14. The summed E-state index contributed by atoms with van der Waals surface area (Å²) in [5, 5.41) is 4.72. The van der Waals surface area contributed by atoms with E-state index in [1.165, 1.54) is 11.3 Å². The van der Waals surface area contributed by atoms with E-state index in [4.69, 9.17) is 0 Å². The van der Waals surface area contributed by atoms with E-state index in [1.54, 1.807) is 5.38 Å². The van der Waals surface area contributed by atoms with Crippen molar-refractivity contribution in [3.05, 3.63) is 35.2 Å². The van der Waals surface area contributed by atoms with Crippen molar-refractivity contribution in [3.63, 3.8) is 0 Å². The van der Waals surface area contributed by atoms with Crippen molar-refractivity contribution in [3.8, 4) is 11.3 Å². The normalized spacial score (nSPS) is 20.8. The maximum Gasteiger partial charge on any atom is 0.229 e. The van der Waals surface area contributed by atoms with Gasteiger partial charge >= 0.3 is 0 Å². The van der Waals surface area contributed by atoms with Crippen LogP contribution < -0.4 is 5.32 Å². The van der Waals surface area contributed by atoms with E-state index in [2.05, 4.69) is 10.3 Å². The zero-order chi connectivity index (χ0) is 14.3. The van der Waals surface area contributed by atoms with Gasteiger partial charge in [0, 0.05) is 16.9 Å². The molecule has 0 aliphatic heterocycles. The van der Waals surface area contributed by atoms with E-state index in [1.807, 2.05) is 6.92 Å². The molecule has 2 atom stereocenters. The van der Waals surface area contributed by atoms with Crippen LogP contribution in [0.15, 0.2) is 23.6 Å². The molecule has 0 unspecified atom stereocenters. The molecule has 1 aliphatic rings. The van der Waals surface area contributed by atoms with Gasteiger partial charge in [-0.2, -0.15) is 0 Å². The van der Waals surface area contributed by atoms with Crippen LogP contribution in [0.3, 0.4) is 0 Å².